The van der Waals surface area contributed by atoms with Crippen LogP contribution in [0, 0.1) is 0 Å². The molecule has 0 atom stereocenters. The van der Waals surface area contributed by atoms with Gasteiger partial charge in [0.1, 0.15) is 11.5 Å². The second-order valence-corrected chi connectivity index (χ2v) is 7.34. The zero-order valence-electron chi connectivity index (χ0n) is 18.4. The number of rotatable bonds is 9. The number of amides is 2. The van der Waals surface area contributed by atoms with Crippen molar-refractivity contribution in [2.75, 3.05) is 23.8 Å². The lowest BCUT2D eigenvalue weighted by atomic mass is 10.2. The third-order valence-electron chi connectivity index (χ3n) is 4.50. The Kier molecular flexibility index (Phi) is 8.49. The first-order valence-corrected chi connectivity index (χ1v) is 10.9. The number of benzene rings is 3. The minimum Gasteiger partial charge on any atom is -0.492 e. The van der Waals surface area contributed by atoms with E-state index in [9.17, 15) is 9.59 Å². The van der Waals surface area contributed by atoms with E-state index in [0.29, 0.717) is 46.7 Å². The summed E-state index contributed by atoms with van der Waals surface area (Å²) in [6.45, 7) is 4.43. The zero-order chi connectivity index (χ0) is 23.6. The second-order valence-electron chi connectivity index (χ2n) is 6.91. The Morgan fingerprint density at radius 2 is 1.48 bits per heavy atom. The maximum atomic E-state index is 12.7. The number of ether oxygens (including phenoxy) is 2. The Hall–Kier alpha value is -3.77. The van der Waals surface area contributed by atoms with Crippen molar-refractivity contribution < 1.29 is 19.1 Å². The minimum atomic E-state index is -0.348. The van der Waals surface area contributed by atoms with Gasteiger partial charge in [-0.1, -0.05) is 41.9 Å². The number of carbonyl (C=O) groups is 2. The summed E-state index contributed by atoms with van der Waals surface area (Å²) >= 11 is 5.99. The molecule has 0 radical (unpaired) electrons. The summed E-state index contributed by atoms with van der Waals surface area (Å²) in [7, 11) is 0. The average molecular weight is 465 g/mol. The SMILES string of the molecule is CCOc1cc(NC(=O)c2ccccc2)c(OCC)cc1NC(=O)/C=C/c1cccc(Cl)c1. The van der Waals surface area contributed by atoms with E-state index in [4.69, 9.17) is 21.1 Å². The number of hydrogen-bond acceptors (Lipinski definition) is 4. The second kappa shape index (κ2) is 11.7. The van der Waals surface area contributed by atoms with Crippen LogP contribution in [0.15, 0.2) is 72.8 Å². The fourth-order valence-electron chi connectivity index (χ4n) is 3.05. The van der Waals surface area contributed by atoms with Crippen molar-refractivity contribution in [3.63, 3.8) is 0 Å². The fraction of sp³-hybridized carbons (Fsp3) is 0.154. The van der Waals surface area contributed by atoms with E-state index >= 15 is 0 Å². The topological polar surface area (TPSA) is 76.7 Å². The van der Waals surface area contributed by atoms with E-state index in [1.54, 1.807) is 54.6 Å². The molecule has 3 rings (SSSR count). The van der Waals surface area contributed by atoms with Crippen LogP contribution in [0.4, 0.5) is 11.4 Å². The smallest absolute Gasteiger partial charge is 0.255 e. The fourth-order valence-corrected chi connectivity index (χ4v) is 3.24. The number of hydrogen-bond donors (Lipinski definition) is 2. The van der Waals surface area contributed by atoms with E-state index in [-0.39, 0.29) is 11.8 Å². The minimum absolute atomic E-state index is 0.278. The lowest BCUT2D eigenvalue weighted by molar-refractivity contribution is -0.111. The van der Waals surface area contributed by atoms with E-state index in [1.807, 2.05) is 32.0 Å². The normalized spacial score (nSPS) is 10.6. The van der Waals surface area contributed by atoms with Gasteiger partial charge in [-0.15, -0.1) is 0 Å². The molecule has 0 aromatic heterocycles. The van der Waals surface area contributed by atoms with Gasteiger partial charge in [0.2, 0.25) is 5.91 Å². The van der Waals surface area contributed by atoms with Gasteiger partial charge in [-0.05, 0) is 49.8 Å². The van der Waals surface area contributed by atoms with Gasteiger partial charge in [-0.3, -0.25) is 9.59 Å². The average Bonchev–Trinajstić information content (AvgIpc) is 2.81. The molecule has 6 nitrogen and oxygen atoms in total. The van der Waals surface area contributed by atoms with Gasteiger partial charge in [0.05, 0.1) is 24.6 Å². The highest BCUT2D eigenvalue weighted by Crippen LogP contribution is 2.37. The van der Waals surface area contributed by atoms with Gasteiger partial charge in [-0.25, -0.2) is 0 Å². The summed E-state index contributed by atoms with van der Waals surface area (Å²) in [5.74, 6) is 0.202. The number of nitrogens with one attached hydrogen (secondary N) is 2. The molecule has 0 aliphatic heterocycles. The van der Waals surface area contributed by atoms with Crippen LogP contribution in [-0.4, -0.2) is 25.0 Å². The lowest BCUT2D eigenvalue weighted by Crippen LogP contribution is -2.14. The summed E-state index contributed by atoms with van der Waals surface area (Å²) in [5, 5.41) is 6.26. The molecule has 2 amide bonds. The van der Waals surface area contributed by atoms with E-state index < -0.39 is 0 Å². The van der Waals surface area contributed by atoms with Crippen LogP contribution >= 0.6 is 11.6 Å². The van der Waals surface area contributed by atoms with Gasteiger partial charge in [0, 0.05) is 28.8 Å². The van der Waals surface area contributed by atoms with Crippen molar-refractivity contribution in [1.29, 1.82) is 0 Å². The molecular formula is C26H25ClN2O4. The third kappa shape index (κ3) is 6.85. The molecule has 0 heterocycles. The molecule has 0 spiro atoms. The highest BCUT2D eigenvalue weighted by molar-refractivity contribution is 6.30. The quantitative estimate of drug-likeness (QED) is 0.378. The Labute approximate surface area is 198 Å². The van der Waals surface area contributed by atoms with Crippen molar-refractivity contribution in [3.8, 4) is 11.5 Å². The molecule has 3 aromatic carbocycles. The molecular weight excluding hydrogens is 440 g/mol. The number of carbonyl (C=O) groups excluding carboxylic acids is 2. The zero-order valence-corrected chi connectivity index (χ0v) is 19.2. The number of anilines is 2. The van der Waals surface area contributed by atoms with Crippen molar-refractivity contribution in [1.82, 2.24) is 0 Å². The van der Waals surface area contributed by atoms with Crippen LogP contribution in [0.5, 0.6) is 11.5 Å². The van der Waals surface area contributed by atoms with Crippen LogP contribution in [0.2, 0.25) is 5.02 Å². The van der Waals surface area contributed by atoms with E-state index in [1.165, 1.54) is 6.08 Å². The highest BCUT2D eigenvalue weighted by atomic mass is 35.5. The van der Waals surface area contributed by atoms with Crippen LogP contribution < -0.4 is 20.1 Å². The molecule has 33 heavy (non-hydrogen) atoms. The largest absolute Gasteiger partial charge is 0.492 e. The highest BCUT2D eigenvalue weighted by Gasteiger charge is 2.16. The van der Waals surface area contributed by atoms with Gasteiger partial charge >= 0.3 is 0 Å². The first-order chi connectivity index (χ1) is 16.0. The lowest BCUT2D eigenvalue weighted by Gasteiger charge is -2.17. The summed E-state index contributed by atoms with van der Waals surface area (Å²) in [6.07, 6.45) is 3.08. The van der Waals surface area contributed by atoms with Gasteiger partial charge in [0.25, 0.3) is 5.91 Å². The van der Waals surface area contributed by atoms with Crippen LogP contribution in [-0.2, 0) is 4.79 Å². The molecule has 0 saturated carbocycles. The molecule has 3 aromatic rings. The predicted octanol–water partition coefficient (Wildman–Crippen LogP) is 6.04. The Balaban J connectivity index is 1.85. The first-order valence-electron chi connectivity index (χ1n) is 10.5. The van der Waals surface area contributed by atoms with Crippen molar-refractivity contribution in [2.24, 2.45) is 0 Å². The number of halogens is 1. The standard InChI is InChI=1S/C26H25ClN2O4/c1-3-32-23-17-22(29-26(31)19-10-6-5-7-11-19)24(33-4-2)16-21(23)28-25(30)14-13-18-9-8-12-20(27)15-18/h5-17H,3-4H2,1-2H3,(H,28,30)(H,29,31)/b14-13+. The molecule has 0 aliphatic rings. The molecule has 0 unspecified atom stereocenters. The third-order valence-corrected chi connectivity index (χ3v) is 4.73. The van der Waals surface area contributed by atoms with E-state index in [0.717, 1.165) is 5.56 Å². The van der Waals surface area contributed by atoms with Gasteiger partial charge in [-0.2, -0.15) is 0 Å². The van der Waals surface area contributed by atoms with Crippen molar-refractivity contribution in [3.05, 3.63) is 89.0 Å². The van der Waals surface area contributed by atoms with Crippen LogP contribution in [0.3, 0.4) is 0 Å². The van der Waals surface area contributed by atoms with Crippen LogP contribution in [0.1, 0.15) is 29.8 Å². The summed E-state index contributed by atoms with van der Waals surface area (Å²) in [6, 6.07) is 19.3. The summed E-state index contributed by atoms with van der Waals surface area (Å²) in [4.78, 5) is 25.2. The molecule has 0 bridgehead atoms. The molecule has 0 aliphatic carbocycles. The Morgan fingerprint density at radius 1 is 0.848 bits per heavy atom. The van der Waals surface area contributed by atoms with E-state index in [2.05, 4.69) is 10.6 Å². The molecule has 7 heteroatoms. The van der Waals surface area contributed by atoms with Gasteiger partial charge in [0.15, 0.2) is 0 Å². The summed E-state index contributed by atoms with van der Waals surface area (Å²) < 4.78 is 11.4. The molecule has 0 saturated heterocycles. The molecule has 0 fully saturated rings. The monoisotopic (exact) mass is 464 g/mol. The summed E-state index contributed by atoms with van der Waals surface area (Å²) in [5.41, 5.74) is 2.19. The van der Waals surface area contributed by atoms with Crippen molar-refractivity contribution >= 4 is 40.9 Å². The maximum absolute atomic E-state index is 12.7. The predicted molar refractivity (Wildman–Crippen MR) is 132 cm³/mol. The molecule has 2 N–H and O–H groups in total. The van der Waals surface area contributed by atoms with Gasteiger partial charge < -0.3 is 20.1 Å². The maximum Gasteiger partial charge on any atom is 0.255 e. The Bertz CT molecular complexity index is 1150. The Morgan fingerprint density at radius 3 is 2.09 bits per heavy atom. The first kappa shape index (κ1) is 23.9. The molecule has 170 valence electrons. The van der Waals surface area contributed by atoms with Crippen LogP contribution in [0.25, 0.3) is 6.08 Å². The van der Waals surface area contributed by atoms with Crippen molar-refractivity contribution in [2.45, 2.75) is 13.8 Å².